The van der Waals surface area contributed by atoms with Gasteiger partial charge in [-0.05, 0) is 51.6 Å². The van der Waals surface area contributed by atoms with E-state index in [1.165, 1.54) is 64.2 Å². The quantitative estimate of drug-likeness (QED) is 0.445. The maximum Gasteiger partial charge on any atom is 0.231 e. The number of rotatable bonds is 11. The van der Waals surface area contributed by atoms with Crippen LogP contribution in [0.2, 0.25) is 0 Å². The highest BCUT2D eigenvalue weighted by Crippen LogP contribution is 2.24. The van der Waals surface area contributed by atoms with Crippen LogP contribution in [0.15, 0.2) is 0 Å². The largest absolute Gasteiger partial charge is 0.351 e. The fraction of sp³-hybridized carbons (Fsp3) is 0.857. The first-order valence-electron chi connectivity index (χ1n) is 11.7. The van der Waals surface area contributed by atoms with Crippen LogP contribution in [0.5, 0.6) is 0 Å². The molecule has 8 nitrogen and oxygen atoms in total. The van der Waals surface area contributed by atoms with Crippen molar-refractivity contribution in [1.29, 1.82) is 0 Å². The van der Waals surface area contributed by atoms with Gasteiger partial charge in [0.1, 0.15) is 0 Å². The van der Waals surface area contributed by atoms with Crippen LogP contribution in [0.3, 0.4) is 0 Å². The van der Waals surface area contributed by atoms with Gasteiger partial charge in [-0.3, -0.25) is 0 Å². The highest BCUT2D eigenvalue weighted by Gasteiger charge is 2.20. The number of aromatic nitrogens is 3. The Morgan fingerprint density at radius 3 is 1.55 bits per heavy atom. The number of nitrogens with one attached hydrogen (secondary N) is 2. The summed E-state index contributed by atoms with van der Waals surface area (Å²) in [5.74, 6) is 2.13. The summed E-state index contributed by atoms with van der Waals surface area (Å²) in [7, 11) is 0. The monoisotopic (exact) mass is 404 g/mol. The van der Waals surface area contributed by atoms with E-state index in [2.05, 4.69) is 15.5 Å². The molecule has 0 spiro atoms. The lowest BCUT2D eigenvalue weighted by atomic mass is 9.96. The van der Waals surface area contributed by atoms with Gasteiger partial charge in [0.2, 0.25) is 17.8 Å². The second kappa shape index (κ2) is 12.1. The molecule has 0 aromatic carbocycles. The van der Waals surface area contributed by atoms with Crippen molar-refractivity contribution in [2.24, 2.45) is 11.5 Å². The molecule has 8 heteroatoms. The van der Waals surface area contributed by atoms with Crippen LogP contribution in [0, 0.1) is 0 Å². The van der Waals surface area contributed by atoms with Crippen LogP contribution in [-0.2, 0) is 0 Å². The second-order valence-electron chi connectivity index (χ2n) is 8.51. The Balaban J connectivity index is 1.78. The molecule has 29 heavy (non-hydrogen) atoms. The van der Waals surface area contributed by atoms with E-state index < -0.39 is 0 Å². The summed E-state index contributed by atoms with van der Waals surface area (Å²) >= 11 is 0. The van der Waals surface area contributed by atoms with Crippen LogP contribution in [0.25, 0.3) is 0 Å². The zero-order chi connectivity index (χ0) is 20.3. The van der Waals surface area contributed by atoms with Gasteiger partial charge in [-0.1, -0.05) is 38.5 Å². The van der Waals surface area contributed by atoms with Crippen molar-refractivity contribution in [3.05, 3.63) is 0 Å². The first-order chi connectivity index (χ1) is 14.3. The molecule has 2 fully saturated rings. The summed E-state index contributed by atoms with van der Waals surface area (Å²) in [5, 5.41) is 7.18. The zero-order valence-electron chi connectivity index (χ0n) is 17.9. The van der Waals surface area contributed by atoms with Crippen LogP contribution in [-0.4, -0.2) is 53.2 Å². The van der Waals surface area contributed by atoms with Crippen molar-refractivity contribution in [2.45, 2.75) is 89.1 Å². The van der Waals surface area contributed by atoms with E-state index in [9.17, 15) is 0 Å². The third-order valence-electron chi connectivity index (χ3n) is 6.05. The van der Waals surface area contributed by atoms with Crippen molar-refractivity contribution in [3.8, 4) is 0 Å². The topological polar surface area (TPSA) is 118 Å². The van der Waals surface area contributed by atoms with E-state index >= 15 is 0 Å². The van der Waals surface area contributed by atoms with Gasteiger partial charge < -0.3 is 27.0 Å². The molecule has 1 aromatic rings. The van der Waals surface area contributed by atoms with Crippen molar-refractivity contribution >= 4 is 17.8 Å². The summed E-state index contributed by atoms with van der Waals surface area (Å²) in [5.41, 5.74) is 11.5. The summed E-state index contributed by atoms with van der Waals surface area (Å²) in [4.78, 5) is 16.5. The molecule has 6 N–H and O–H groups in total. The van der Waals surface area contributed by atoms with Crippen molar-refractivity contribution in [3.63, 3.8) is 0 Å². The fourth-order valence-corrected chi connectivity index (χ4v) is 4.37. The van der Waals surface area contributed by atoms with E-state index in [4.69, 9.17) is 26.4 Å². The van der Waals surface area contributed by atoms with Crippen LogP contribution in [0.1, 0.15) is 77.0 Å². The average Bonchev–Trinajstić information content (AvgIpc) is 2.75. The Kier molecular flexibility index (Phi) is 9.21. The summed E-state index contributed by atoms with van der Waals surface area (Å²) < 4.78 is 0. The fourth-order valence-electron chi connectivity index (χ4n) is 4.37. The van der Waals surface area contributed by atoms with Gasteiger partial charge in [0.15, 0.2) is 0 Å². The number of hydrogen-bond donors (Lipinski definition) is 4. The molecular formula is C21H40N8. The predicted octanol–water partition coefficient (Wildman–Crippen LogP) is 2.86. The third kappa shape index (κ3) is 7.26. The number of nitrogens with two attached hydrogens (primary N) is 2. The second-order valence-corrected chi connectivity index (χ2v) is 8.51. The summed E-state index contributed by atoms with van der Waals surface area (Å²) in [6, 6.07) is 0.922. The van der Waals surface area contributed by atoms with Crippen LogP contribution >= 0.6 is 0 Å². The maximum atomic E-state index is 5.76. The van der Waals surface area contributed by atoms with Crippen molar-refractivity contribution < 1.29 is 0 Å². The van der Waals surface area contributed by atoms with Gasteiger partial charge in [0.25, 0.3) is 0 Å². The Bertz CT molecular complexity index is 538. The van der Waals surface area contributed by atoms with Gasteiger partial charge >= 0.3 is 0 Å². The Morgan fingerprint density at radius 1 is 0.690 bits per heavy atom. The van der Waals surface area contributed by atoms with Crippen molar-refractivity contribution in [1.82, 2.24) is 15.0 Å². The maximum absolute atomic E-state index is 5.76. The number of anilines is 3. The van der Waals surface area contributed by atoms with Crippen molar-refractivity contribution in [2.75, 3.05) is 41.7 Å². The molecular weight excluding hydrogens is 364 g/mol. The van der Waals surface area contributed by atoms with Gasteiger partial charge in [-0.2, -0.15) is 15.0 Å². The van der Waals surface area contributed by atoms with Gasteiger partial charge in [-0.25, -0.2) is 0 Å². The first kappa shape index (κ1) is 22.0. The molecule has 0 aliphatic heterocycles. The molecule has 1 heterocycles. The number of nitrogens with zero attached hydrogens (tertiary/aromatic N) is 4. The molecule has 0 radical (unpaired) electrons. The minimum atomic E-state index is 0.461. The smallest absolute Gasteiger partial charge is 0.231 e. The summed E-state index contributed by atoms with van der Waals surface area (Å²) in [6.07, 6.45) is 14.4. The highest BCUT2D eigenvalue weighted by atomic mass is 15.3. The molecule has 2 aliphatic carbocycles. The third-order valence-corrected chi connectivity index (χ3v) is 6.05. The predicted molar refractivity (Wildman–Crippen MR) is 120 cm³/mol. The van der Waals surface area contributed by atoms with E-state index in [1.807, 2.05) is 0 Å². The zero-order valence-corrected chi connectivity index (χ0v) is 17.9. The molecule has 164 valence electrons. The van der Waals surface area contributed by atoms with E-state index in [0.717, 1.165) is 31.9 Å². The molecule has 0 amide bonds. The van der Waals surface area contributed by atoms with Gasteiger partial charge in [-0.15, -0.1) is 0 Å². The lowest BCUT2D eigenvalue weighted by Gasteiger charge is -2.27. The lowest BCUT2D eigenvalue weighted by Crippen LogP contribution is -2.32. The van der Waals surface area contributed by atoms with E-state index in [1.54, 1.807) is 0 Å². The molecule has 0 unspecified atom stereocenters. The minimum absolute atomic E-state index is 0.461. The van der Waals surface area contributed by atoms with E-state index in [-0.39, 0.29) is 0 Å². The van der Waals surface area contributed by atoms with Gasteiger partial charge in [0.05, 0.1) is 0 Å². The normalized spacial score (nSPS) is 18.6. The lowest BCUT2D eigenvalue weighted by molar-refractivity contribution is 0.458. The molecule has 2 saturated carbocycles. The average molecular weight is 405 g/mol. The van der Waals surface area contributed by atoms with Crippen LogP contribution < -0.4 is 27.0 Å². The van der Waals surface area contributed by atoms with E-state index in [0.29, 0.717) is 37.1 Å². The Labute approximate surface area is 175 Å². The molecule has 0 atom stereocenters. The SMILES string of the molecule is NCCCN(CCCN)c1nc(NC2CCCCC2)nc(NC2CCCCC2)n1. The molecule has 0 saturated heterocycles. The summed E-state index contributed by atoms with van der Waals surface area (Å²) in [6.45, 7) is 2.99. The minimum Gasteiger partial charge on any atom is -0.351 e. The molecule has 2 aliphatic rings. The molecule has 0 bridgehead atoms. The molecule has 1 aromatic heterocycles. The first-order valence-corrected chi connectivity index (χ1v) is 11.7. The number of hydrogen-bond acceptors (Lipinski definition) is 8. The Hall–Kier alpha value is -1.67. The van der Waals surface area contributed by atoms with Crippen LogP contribution in [0.4, 0.5) is 17.8 Å². The standard InChI is InChI=1S/C21H40N8/c22-13-7-15-29(16-8-14-23)21-27-19(24-17-9-3-1-4-10-17)26-20(28-21)25-18-11-5-2-6-12-18/h17-18H,1-16,22-23H2,(H2,24,25,26,27,28). The molecule has 3 rings (SSSR count). The van der Waals surface area contributed by atoms with Gasteiger partial charge in [0, 0.05) is 25.2 Å². The Morgan fingerprint density at radius 2 is 1.14 bits per heavy atom. The highest BCUT2D eigenvalue weighted by molar-refractivity contribution is 5.44.